The summed E-state index contributed by atoms with van der Waals surface area (Å²) in [6.45, 7) is 13.1. The molecule has 48 heavy (non-hydrogen) atoms. The molecular formula is C33H60BN5O8S. The van der Waals surface area contributed by atoms with Crippen LogP contribution in [0, 0.1) is 39.2 Å². The third kappa shape index (κ3) is 11.1. The van der Waals surface area contributed by atoms with E-state index in [1.807, 2.05) is 0 Å². The Morgan fingerprint density at radius 3 is 2.42 bits per heavy atom. The first-order valence-electron chi connectivity index (χ1n) is 18.0. The number of guanidine groups is 1. The maximum absolute atomic E-state index is 13.9. The number of nitrogens with one attached hydrogen (secondary N) is 2. The summed E-state index contributed by atoms with van der Waals surface area (Å²) in [5.41, 5.74) is 7.05. The van der Waals surface area contributed by atoms with Gasteiger partial charge in [-0.1, -0.05) is 72.1 Å². The van der Waals surface area contributed by atoms with Crippen molar-refractivity contribution < 1.29 is 32.3 Å². The van der Waals surface area contributed by atoms with Crippen molar-refractivity contribution in [1.29, 1.82) is 0 Å². The minimum atomic E-state index is -3.38. The van der Waals surface area contributed by atoms with Gasteiger partial charge in [-0.2, -0.15) is 0 Å². The third-order valence-electron chi connectivity index (χ3n) is 10.9. The lowest BCUT2D eigenvalue weighted by molar-refractivity contribution is -0.525. The van der Waals surface area contributed by atoms with Crippen molar-refractivity contribution in [3.05, 3.63) is 10.1 Å². The number of hydrogen-bond donors (Lipinski definition) is 3. The Balaban J connectivity index is 1.64. The smallest absolute Gasteiger partial charge is 0.404 e. The second-order valence-corrected chi connectivity index (χ2v) is 17.8. The number of ketones is 1. The number of nitrogens with two attached hydrogens (primary N) is 1. The van der Waals surface area contributed by atoms with Gasteiger partial charge in [-0.15, -0.1) is 0 Å². The van der Waals surface area contributed by atoms with Crippen LogP contribution in [0.4, 0.5) is 0 Å². The lowest BCUT2D eigenvalue weighted by Crippen LogP contribution is -2.65. The van der Waals surface area contributed by atoms with E-state index in [9.17, 15) is 28.1 Å². The molecule has 15 heteroatoms. The molecular weight excluding hydrogens is 637 g/mol. The first-order chi connectivity index (χ1) is 22.5. The molecule has 1 saturated heterocycles. The molecule has 13 nitrogen and oxygen atoms in total. The average molecular weight is 698 g/mol. The summed E-state index contributed by atoms with van der Waals surface area (Å²) >= 11 is 0. The monoisotopic (exact) mass is 697 g/mol. The van der Waals surface area contributed by atoms with Gasteiger partial charge in [-0.3, -0.25) is 9.59 Å². The lowest BCUT2D eigenvalue weighted by atomic mass is 9.43. The summed E-state index contributed by atoms with van der Waals surface area (Å²) in [7, 11) is -4.01. The van der Waals surface area contributed by atoms with E-state index >= 15 is 0 Å². The van der Waals surface area contributed by atoms with E-state index < -0.39 is 39.4 Å². The summed E-state index contributed by atoms with van der Waals surface area (Å²) in [5.74, 6) is -1.16. The highest BCUT2D eigenvalue weighted by Gasteiger charge is 2.68. The second kappa shape index (κ2) is 17.6. The molecule has 0 unspecified atom stereocenters. The molecule has 1 amide bonds. The highest BCUT2D eigenvalue weighted by Crippen LogP contribution is 2.65. The van der Waals surface area contributed by atoms with Crippen LogP contribution in [0.5, 0.6) is 0 Å². The molecule has 4 fully saturated rings. The summed E-state index contributed by atoms with van der Waals surface area (Å²) in [5, 5.41) is 13.0. The van der Waals surface area contributed by atoms with E-state index in [1.165, 1.54) is 0 Å². The lowest BCUT2D eigenvalue weighted by Gasteiger charge is -2.64. The van der Waals surface area contributed by atoms with Gasteiger partial charge < -0.3 is 20.4 Å². The maximum Gasteiger partial charge on any atom is 0.481 e. The van der Waals surface area contributed by atoms with Crippen molar-refractivity contribution in [1.82, 2.24) is 10.7 Å². The first-order valence-corrected chi connectivity index (χ1v) is 19.9. The molecule has 1 heterocycles. The fraction of sp³-hybridized carbons (Fsp3) is 0.909. The normalized spacial score (nSPS) is 26.0. The van der Waals surface area contributed by atoms with Crippen molar-refractivity contribution in [3.63, 3.8) is 0 Å². The molecule has 4 rings (SSSR count). The fourth-order valence-electron chi connectivity index (χ4n) is 7.96. The Hall–Kier alpha value is -2.26. The number of Topliss-reactive ketones (excluding diaryl/α,β-unsaturated/α-hetero) is 1. The molecule has 3 saturated carbocycles. The molecule has 3 aliphatic carbocycles. The summed E-state index contributed by atoms with van der Waals surface area (Å²) in [4.78, 5) is 41.6. The van der Waals surface area contributed by atoms with Gasteiger partial charge in [0.2, 0.25) is 5.91 Å². The third-order valence-corrected chi connectivity index (χ3v) is 12.6. The van der Waals surface area contributed by atoms with Gasteiger partial charge in [0.1, 0.15) is 5.78 Å². The number of unbranched alkanes of at least 4 members (excludes halogenated alkanes) is 5. The van der Waals surface area contributed by atoms with Crippen LogP contribution in [0.15, 0.2) is 4.99 Å². The van der Waals surface area contributed by atoms with Gasteiger partial charge in [0.15, 0.2) is 14.9 Å². The number of sulfone groups is 1. The Labute approximate surface area is 287 Å². The van der Waals surface area contributed by atoms with Gasteiger partial charge in [-0.05, 0) is 68.6 Å². The minimum Gasteiger partial charge on any atom is -0.404 e. The Morgan fingerprint density at radius 2 is 1.77 bits per heavy atom. The molecule has 0 radical (unpaired) electrons. The number of aliphatic imine (C=N–C) groups is 1. The van der Waals surface area contributed by atoms with Gasteiger partial charge in [0.25, 0.3) is 5.96 Å². The van der Waals surface area contributed by atoms with Crippen LogP contribution >= 0.6 is 0 Å². The highest BCUT2D eigenvalue weighted by molar-refractivity contribution is 7.91. The van der Waals surface area contributed by atoms with Crippen molar-refractivity contribution >= 4 is 34.6 Å². The number of hydrogen-bond acceptors (Lipinski definition) is 9. The average Bonchev–Trinajstić information content (AvgIpc) is 3.35. The van der Waals surface area contributed by atoms with E-state index in [1.54, 1.807) is 5.43 Å². The Bertz CT molecular complexity index is 1250. The number of carbonyl (C=O) groups is 2. The van der Waals surface area contributed by atoms with E-state index in [2.05, 4.69) is 51.9 Å². The fourth-order valence-corrected chi connectivity index (χ4v) is 9.35. The zero-order chi connectivity index (χ0) is 35.7. The number of amides is 1. The predicted molar refractivity (Wildman–Crippen MR) is 187 cm³/mol. The van der Waals surface area contributed by atoms with Crippen molar-refractivity contribution in [3.8, 4) is 0 Å². The second-order valence-electron chi connectivity index (χ2n) is 15.5. The van der Waals surface area contributed by atoms with E-state index in [-0.39, 0.29) is 72.4 Å². The zero-order valence-electron chi connectivity index (χ0n) is 30.0. The standard InChI is InChI=1S/C33H60BN5O8S/c1-7-8-9-10-11-12-17-48(44,45)18-15-26(40)20-24(14-13-16-36-31(35)38-39(42)43)30(41)37-29(19-23(2)3)34-46-28-22-25-21-27(32(25,4)5)33(28,6)47-34/h23-25,27-29H,7-22H2,1-6H3,(H,37,41)(H3,35,36,38)/t24-,25+,27+,28-,29+,33+/m1/s1. The van der Waals surface area contributed by atoms with Gasteiger partial charge >= 0.3 is 7.12 Å². The number of nitro groups is 1. The Kier molecular flexibility index (Phi) is 14.7. The van der Waals surface area contributed by atoms with Gasteiger partial charge in [0, 0.05) is 25.3 Å². The topological polar surface area (TPSA) is 192 Å². The molecule has 1 aliphatic heterocycles. The van der Waals surface area contributed by atoms with E-state index in [4.69, 9.17) is 15.0 Å². The SMILES string of the molecule is CCCCCCCCS(=O)(=O)CCC(=O)C[C@@H](CCCN=C(N)N[N+](=O)[O-])C(=O)N[C@@H](CC(C)C)B1O[C@@H]2C[C@@H]3C[C@@H](C3(C)C)[C@]2(C)O1. The molecule has 0 aromatic rings. The maximum atomic E-state index is 13.9. The molecule has 6 atom stereocenters. The largest absolute Gasteiger partial charge is 0.481 e. The Morgan fingerprint density at radius 1 is 1.08 bits per heavy atom. The van der Waals surface area contributed by atoms with Crippen LogP contribution < -0.4 is 16.5 Å². The molecule has 0 aromatic carbocycles. The molecule has 2 bridgehead atoms. The van der Waals surface area contributed by atoms with Crippen LogP contribution in [0.3, 0.4) is 0 Å². The predicted octanol–water partition coefficient (Wildman–Crippen LogP) is 4.40. The van der Waals surface area contributed by atoms with Crippen LogP contribution in [0.1, 0.15) is 125 Å². The minimum absolute atomic E-state index is 0.0439. The van der Waals surface area contributed by atoms with E-state index in [0.29, 0.717) is 31.1 Å². The zero-order valence-corrected chi connectivity index (χ0v) is 30.8. The molecule has 274 valence electrons. The van der Waals surface area contributed by atoms with Crippen LogP contribution in [0.2, 0.25) is 0 Å². The first kappa shape index (κ1) is 40.2. The van der Waals surface area contributed by atoms with Crippen molar-refractivity contribution in [2.45, 2.75) is 143 Å². The summed E-state index contributed by atoms with van der Waals surface area (Å²) < 4.78 is 38.5. The van der Waals surface area contributed by atoms with Gasteiger partial charge in [0.05, 0.1) is 29.2 Å². The molecule has 4 N–H and O–H groups in total. The van der Waals surface area contributed by atoms with Crippen LogP contribution in [-0.2, 0) is 28.7 Å². The summed E-state index contributed by atoms with van der Waals surface area (Å²) in [6, 6.07) is 0. The van der Waals surface area contributed by atoms with Crippen molar-refractivity contribution in [2.75, 3.05) is 18.1 Å². The van der Waals surface area contributed by atoms with Crippen LogP contribution in [-0.4, -0.2) is 73.9 Å². The number of carbonyl (C=O) groups excluding carboxylic acids is 2. The van der Waals surface area contributed by atoms with E-state index in [0.717, 1.165) is 44.9 Å². The van der Waals surface area contributed by atoms with Gasteiger partial charge in [-0.25, -0.2) is 23.5 Å². The number of nitrogens with zero attached hydrogens (tertiary/aromatic N) is 2. The van der Waals surface area contributed by atoms with Crippen molar-refractivity contribution in [2.24, 2.45) is 39.8 Å². The summed E-state index contributed by atoms with van der Waals surface area (Å²) in [6.07, 6.45) is 8.73. The highest BCUT2D eigenvalue weighted by atomic mass is 32.2. The molecule has 0 spiro atoms. The van der Waals surface area contributed by atoms with Crippen LogP contribution in [0.25, 0.3) is 0 Å². The quantitative estimate of drug-likeness (QED) is 0.0365. The number of hydrazine groups is 1. The molecule has 4 aliphatic rings. The molecule has 0 aromatic heterocycles. The number of rotatable bonds is 22.